The average molecular weight is 459 g/mol. The van der Waals surface area contributed by atoms with E-state index in [9.17, 15) is 4.79 Å². The van der Waals surface area contributed by atoms with Gasteiger partial charge in [-0.1, -0.05) is 77.8 Å². The molecular weight excluding hydrogens is 439 g/mol. The van der Waals surface area contributed by atoms with Crippen molar-refractivity contribution in [2.24, 2.45) is 0 Å². The van der Waals surface area contributed by atoms with E-state index < -0.39 is 0 Å². The summed E-state index contributed by atoms with van der Waals surface area (Å²) in [5, 5.41) is 3.48. The van der Waals surface area contributed by atoms with Crippen LogP contribution in [0.5, 0.6) is 5.75 Å². The van der Waals surface area contributed by atoms with Crippen LogP contribution in [0.2, 0.25) is 10.0 Å². The molecule has 1 fully saturated rings. The van der Waals surface area contributed by atoms with Crippen molar-refractivity contribution in [1.29, 1.82) is 0 Å². The lowest BCUT2D eigenvalue weighted by atomic mass is 10.1. The van der Waals surface area contributed by atoms with Crippen molar-refractivity contribution >= 4 is 46.7 Å². The Bertz CT molecular complexity index is 1030. The number of amides is 2. The van der Waals surface area contributed by atoms with Gasteiger partial charge in [0.05, 0.1) is 15.7 Å². The number of para-hydroxylation sites is 1. The van der Waals surface area contributed by atoms with E-state index in [1.807, 2.05) is 54.6 Å². The van der Waals surface area contributed by atoms with Crippen molar-refractivity contribution in [1.82, 2.24) is 4.90 Å². The van der Waals surface area contributed by atoms with Gasteiger partial charge in [0.1, 0.15) is 17.7 Å². The fraction of sp³-hybridized carbons (Fsp3) is 0.174. The molecule has 2 amide bonds. The lowest BCUT2D eigenvalue weighted by Crippen LogP contribution is -2.34. The van der Waals surface area contributed by atoms with Gasteiger partial charge in [-0.3, -0.25) is 0 Å². The third-order valence-electron chi connectivity index (χ3n) is 4.77. The predicted octanol–water partition coefficient (Wildman–Crippen LogP) is 6.85. The molecule has 1 aliphatic rings. The molecule has 0 saturated carbocycles. The summed E-state index contributed by atoms with van der Waals surface area (Å²) >= 11 is 14.0. The standard InChI is InChI=1S/C23H20Cl2N2O2S/c24-18-10-6-11-19(21(18)25)26-23(28)27-13-14-30-22(27)17-9-4-5-12-20(17)29-15-16-7-2-1-3-8-16/h1-12,22H,13-15H2,(H,26,28). The van der Waals surface area contributed by atoms with Crippen LogP contribution in [-0.2, 0) is 6.61 Å². The minimum absolute atomic E-state index is 0.144. The lowest BCUT2D eigenvalue weighted by molar-refractivity contribution is 0.213. The number of hydrogen-bond acceptors (Lipinski definition) is 3. The number of benzene rings is 3. The Morgan fingerprint density at radius 2 is 1.80 bits per heavy atom. The van der Waals surface area contributed by atoms with Crippen LogP contribution in [-0.4, -0.2) is 23.2 Å². The molecule has 4 rings (SSSR count). The van der Waals surface area contributed by atoms with Gasteiger partial charge in [-0.05, 0) is 23.8 Å². The van der Waals surface area contributed by atoms with Crippen molar-refractivity contribution in [2.75, 3.05) is 17.6 Å². The van der Waals surface area contributed by atoms with Gasteiger partial charge in [0, 0.05) is 17.9 Å². The maximum absolute atomic E-state index is 13.0. The zero-order valence-electron chi connectivity index (χ0n) is 16.1. The number of halogens is 2. The van der Waals surface area contributed by atoms with E-state index in [0.717, 1.165) is 22.6 Å². The number of anilines is 1. The summed E-state index contributed by atoms with van der Waals surface area (Å²) in [6, 6.07) is 22.9. The van der Waals surface area contributed by atoms with Crippen LogP contribution >= 0.6 is 35.0 Å². The summed E-state index contributed by atoms with van der Waals surface area (Å²) < 4.78 is 6.11. The first kappa shape index (κ1) is 20.9. The largest absolute Gasteiger partial charge is 0.489 e. The van der Waals surface area contributed by atoms with E-state index in [-0.39, 0.29) is 11.4 Å². The molecule has 0 radical (unpaired) electrons. The highest BCUT2D eigenvalue weighted by atomic mass is 35.5. The maximum Gasteiger partial charge on any atom is 0.323 e. The Hall–Kier alpha value is -2.34. The SMILES string of the molecule is O=C(Nc1cccc(Cl)c1Cl)N1CCSC1c1ccccc1OCc1ccccc1. The summed E-state index contributed by atoms with van der Waals surface area (Å²) in [6.07, 6.45) is 0. The maximum atomic E-state index is 13.0. The minimum Gasteiger partial charge on any atom is -0.489 e. The van der Waals surface area contributed by atoms with Crippen molar-refractivity contribution in [3.8, 4) is 5.75 Å². The number of carbonyl (C=O) groups is 1. The number of thioether (sulfide) groups is 1. The monoisotopic (exact) mass is 458 g/mol. The molecule has 0 aromatic heterocycles. The van der Waals surface area contributed by atoms with E-state index in [4.69, 9.17) is 27.9 Å². The zero-order valence-corrected chi connectivity index (χ0v) is 18.4. The highest BCUT2D eigenvalue weighted by molar-refractivity contribution is 7.99. The summed E-state index contributed by atoms with van der Waals surface area (Å²) in [4.78, 5) is 14.8. The molecular formula is C23H20Cl2N2O2S. The number of nitrogens with zero attached hydrogens (tertiary/aromatic N) is 1. The highest BCUT2D eigenvalue weighted by Crippen LogP contribution is 2.42. The van der Waals surface area contributed by atoms with Crippen LogP contribution < -0.4 is 10.1 Å². The van der Waals surface area contributed by atoms with Crippen molar-refractivity contribution in [3.63, 3.8) is 0 Å². The van der Waals surface area contributed by atoms with E-state index in [0.29, 0.717) is 28.9 Å². The first-order valence-electron chi connectivity index (χ1n) is 9.52. The highest BCUT2D eigenvalue weighted by Gasteiger charge is 2.33. The molecule has 154 valence electrons. The smallest absolute Gasteiger partial charge is 0.323 e. The molecule has 1 saturated heterocycles. The van der Waals surface area contributed by atoms with E-state index in [1.165, 1.54) is 0 Å². The molecule has 1 aliphatic heterocycles. The van der Waals surface area contributed by atoms with Gasteiger partial charge in [-0.15, -0.1) is 11.8 Å². The van der Waals surface area contributed by atoms with E-state index in [1.54, 1.807) is 34.9 Å². The quantitative estimate of drug-likeness (QED) is 0.454. The van der Waals surface area contributed by atoms with Crippen LogP contribution in [0.1, 0.15) is 16.5 Å². The summed E-state index contributed by atoms with van der Waals surface area (Å²) in [5.41, 5.74) is 2.57. The summed E-state index contributed by atoms with van der Waals surface area (Å²) in [6.45, 7) is 1.10. The average Bonchev–Trinajstić information content (AvgIpc) is 3.26. The Labute approximate surface area is 190 Å². The van der Waals surface area contributed by atoms with Gasteiger partial charge in [-0.2, -0.15) is 0 Å². The first-order valence-corrected chi connectivity index (χ1v) is 11.3. The number of hydrogen-bond donors (Lipinski definition) is 1. The third-order valence-corrected chi connectivity index (χ3v) is 6.83. The topological polar surface area (TPSA) is 41.6 Å². The normalized spacial score (nSPS) is 15.8. The second kappa shape index (κ2) is 9.65. The second-order valence-corrected chi connectivity index (χ2v) is 8.73. The van der Waals surface area contributed by atoms with Crippen LogP contribution in [0.15, 0.2) is 72.8 Å². The number of nitrogens with one attached hydrogen (secondary N) is 1. The van der Waals surface area contributed by atoms with Gasteiger partial charge in [0.2, 0.25) is 0 Å². The second-order valence-electron chi connectivity index (χ2n) is 6.76. The molecule has 3 aromatic carbocycles. The first-order chi connectivity index (χ1) is 14.6. The predicted molar refractivity (Wildman–Crippen MR) is 125 cm³/mol. The van der Waals surface area contributed by atoms with Crippen molar-refractivity contribution in [3.05, 3.63) is 94.0 Å². The fourth-order valence-electron chi connectivity index (χ4n) is 3.27. The molecule has 0 aliphatic carbocycles. The Kier molecular flexibility index (Phi) is 6.72. The van der Waals surface area contributed by atoms with Gasteiger partial charge < -0.3 is 15.0 Å². The molecule has 3 aromatic rings. The van der Waals surface area contributed by atoms with Crippen molar-refractivity contribution < 1.29 is 9.53 Å². The molecule has 30 heavy (non-hydrogen) atoms. The fourth-order valence-corrected chi connectivity index (χ4v) is 4.90. The van der Waals surface area contributed by atoms with Crippen LogP contribution in [0.25, 0.3) is 0 Å². The summed E-state index contributed by atoms with van der Waals surface area (Å²) in [5.74, 6) is 1.62. The Morgan fingerprint density at radius 1 is 1.03 bits per heavy atom. The molecule has 7 heteroatoms. The zero-order chi connectivity index (χ0) is 20.9. The van der Waals surface area contributed by atoms with Gasteiger partial charge in [0.25, 0.3) is 0 Å². The molecule has 1 atom stereocenters. The minimum atomic E-state index is -0.216. The van der Waals surface area contributed by atoms with Gasteiger partial charge in [0.15, 0.2) is 0 Å². The van der Waals surface area contributed by atoms with E-state index in [2.05, 4.69) is 5.32 Å². The lowest BCUT2D eigenvalue weighted by Gasteiger charge is -2.26. The van der Waals surface area contributed by atoms with Crippen molar-refractivity contribution in [2.45, 2.75) is 12.0 Å². The number of rotatable bonds is 5. The van der Waals surface area contributed by atoms with Crippen LogP contribution in [0.3, 0.4) is 0 Å². The van der Waals surface area contributed by atoms with E-state index >= 15 is 0 Å². The van der Waals surface area contributed by atoms with Crippen LogP contribution in [0, 0.1) is 0 Å². The molecule has 0 bridgehead atoms. The van der Waals surface area contributed by atoms with Gasteiger partial charge >= 0.3 is 6.03 Å². The molecule has 1 heterocycles. The van der Waals surface area contributed by atoms with Crippen LogP contribution in [0.4, 0.5) is 10.5 Å². The Morgan fingerprint density at radius 3 is 2.63 bits per heavy atom. The summed E-state index contributed by atoms with van der Waals surface area (Å²) in [7, 11) is 0. The number of carbonyl (C=O) groups excluding carboxylic acids is 1. The molecule has 0 spiro atoms. The molecule has 4 nitrogen and oxygen atoms in total. The number of ether oxygens (including phenoxy) is 1. The third kappa shape index (κ3) is 4.69. The van der Waals surface area contributed by atoms with Gasteiger partial charge in [-0.25, -0.2) is 4.79 Å². The number of urea groups is 1. The molecule has 1 unspecified atom stereocenters. The Balaban J connectivity index is 1.52. The molecule has 1 N–H and O–H groups in total.